The van der Waals surface area contributed by atoms with E-state index in [1.807, 2.05) is 6.08 Å². The Labute approximate surface area is 75.3 Å². The first-order valence-electron chi connectivity index (χ1n) is 3.80. The minimum atomic E-state index is -0.583. The van der Waals surface area contributed by atoms with E-state index in [9.17, 15) is 9.59 Å². The Morgan fingerprint density at radius 2 is 2.54 bits per heavy atom. The summed E-state index contributed by atoms with van der Waals surface area (Å²) in [5.41, 5.74) is 0. The highest BCUT2D eigenvalue weighted by Crippen LogP contribution is 2.11. The molecule has 1 radical (unpaired) electrons. The average Bonchev–Trinajstić information content (AvgIpc) is 2.19. The van der Waals surface area contributed by atoms with Gasteiger partial charge in [-0.3, -0.25) is 0 Å². The Morgan fingerprint density at radius 1 is 1.69 bits per heavy atom. The summed E-state index contributed by atoms with van der Waals surface area (Å²) in [6, 6.07) is 0. The molecule has 71 valence electrons. The van der Waals surface area contributed by atoms with E-state index in [0.717, 1.165) is 12.9 Å². The van der Waals surface area contributed by atoms with Gasteiger partial charge in [-0.05, 0) is 18.9 Å². The fourth-order valence-corrected chi connectivity index (χ4v) is 0.912. The maximum Gasteiger partial charge on any atom is 0.420 e. The van der Waals surface area contributed by atoms with Crippen molar-refractivity contribution in [2.75, 3.05) is 6.79 Å². The first-order valence-corrected chi connectivity index (χ1v) is 3.80. The van der Waals surface area contributed by atoms with Crippen LogP contribution in [0.3, 0.4) is 0 Å². The molecule has 1 rings (SSSR count). The molecule has 0 aliphatic carbocycles. The van der Waals surface area contributed by atoms with Gasteiger partial charge in [0, 0.05) is 0 Å². The van der Waals surface area contributed by atoms with Crippen LogP contribution in [-0.4, -0.2) is 25.3 Å². The van der Waals surface area contributed by atoms with Crippen molar-refractivity contribution in [2.24, 2.45) is 0 Å². The van der Waals surface area contributed by atoms with Gasteiger partial charge in [-0.1, -0.05) is 0 Å². The van der Waals surface area contributed by atoms with Gasteiger partial charge >= 0.3 is 12.4 Å². The summed E-state index contributed by atoms with van der Waals surface area (Å²) >= 11 is 0. The third kappa shape index (κ3) is 3.14. The Bertz CT molecular complexity index is 211. The van der Waals surface area contributed by atoms with Gasteiger partial charge in [-0.15, -0.1) is 0 Å². The van der Waals surface area contributed by atoms with Gasteiger partial charge in [0.2, 0.25) is 6.79 Å². The highest BCUT2D eigenvalue weighted by Gasteiger charge is 2.21. The summed E-state index contributed by atoms with van der Waals surface area (Å²) < 4.78 is 13.6. The van der Waals surface area contributed by atoms with Crippen molar-refractivity contribution in [3.63, 3.8) is 0 Å². The first-order chi connectivity index (χ1) is 6.34. The minimum Gasteiger partial charge on any atom is -0.487 e. The highest BCUT2D eigenvalue weighted by atomic mass is 16.7. The molecule has 0 amide bonds. The van der Waals surface area contributed by atoms with Crippen LogP contribution in [0.1, 0.15) is 12.8 Å². The number of carbonyl (C=O) groups is 1. The lowest BCUT2D eigenvalue weighted by Crippen LogP contribution is -2.27. The maximum atomic E-state index is 11.1. The van der Waals surface area contributed by atoms with Crippen molar-refractivity contribution in [2.45, 2.75) is 18.9 Å². The molecule has 1 aliphatic heterocycles. The number of hydrogen-bond donors (Lipinski definition) is 0. The number of rotatable bonds is 4. The topological polar surface area (TPSA) is 61.8 Å². The van der Waals surface area contributed by atoms with Gasteiger partial charge in [-0.25, -0.2) is 9.59 Å². The second-order valence-electron chi connectivity index (χ2n) is 2.38. The number of carbonyl (C=O) groups excluding carboxylic acids is 2. The van der Waals surface area contributed by atoms with E-state index < -0.39 is 18.9 Å². The second-order valence-corrected chi connectivity index (χ2v) is 2.38. The molecule has 0 fully saturated rings. The molecule has 0 saturated heterocycles. The van der Waals surface area contributed by atoms with E-state index in [2.05, 4.69) is 9.47 Å². The summed E-state index contributed by atoms with van der Waals surface area (Å²) in [6.45, 7) is 0.733. The second kappa shape index (κ2) is 5.18. The molecule has 0 aromatic heterocycles. The molecule has 5 heteroatoms. The summed E-state index contributed by atoms with van der Waals surface area (Å²) in [4.78, 5) is 20.7. The van der Waals surface area contributed by atoms with Gasteiger partial charge in [0.25, 0.3) is 0 Å². The van der Waals surface area contributed by atoms with E-state index in [0.29, 0.717) is 6.42 Å². The SMILES string of the molecule is O=[C]OCOC(=O)C1CCC=CO1. The Kier molecular flexibility index (Phi) is 3.81. The normalized spacial score (nSPS) is 20.2. The number of hydrogen-bond acceptors (Lipinski definition) is 5. The lowest BCUT2D eigenvalue weighted by Gasteiger charge is -2.16. The summed E-state index contributed by atoms with van der Waals surface area (Å²) in [6.07, 6.45) is 4.06. The highest BCUT2D eigenvalue weighted by molar-refractivity contribution is 5.74. The lowest BCUT2D eigenvalue weighted by atomic mass is 10.2. The van der Waals surface area contributed by atoms with Crippen LogP contribution in [0.2, 0.25) is 0 Å². The molecule has 0 bridgehead atoms. The van der Waals surface area contributed by atoms with Gasteiger partial charge in [0.05, 0.1) is 6.26 Å². The zero-order chi connectivity index (χ0) is 9.52. The Balaban J connectivity index is 2.22. The van der Waals surface area contributed by atoms with E-state index in [4.69, 9.17) is 4.74 Å². The van der Waals surface area contributed by atoms with Crippen molar-refractivity contribution < 1.29 is 23.8 Å². The molecular formula is C8H9O5. The van der Waals surface area contributed by atoms with Crippen LogP contribution in [0.25, 0.3) is 0 Å². The van der Waals surface area contributed by atoms with Crippen LogP contribution in [0.5, 0.6) is 0 Å². The average molecular weight is 185 g/mol. The molecule has 0 saturated carbocycles. The molecule has 0 aromatic carbocycles. The zero-order valence-corrected chi connectivity index (χ0v) is 6.89. The van der Waals surface area contributed by atoms with E-state index in [1.54, 1.807) is 0 Å². The fourth-order valence-electron chi connectivity index (χ4n) is 0.912. The standard InChI is InChI=1S/C8H9O5/c9-5-11-6-13-8(10)7-3-1-2-4-12-7/h2,4,7H,1,3,6H2. The Morgan fingerprint density at radius 3 is 3.15 bits per heavy atom. The van der Waals surface area contributed by atoms with Crippen molar-refractivity contribution in [3.05, 3.63) is 12.3 Å². The summed E-state index contributed by atoms with van der Waals surface area (Å²) in [5.74, 6) is -0.528. The number of allylic oxidation sites excluding steroid dienone is 1. The van der Waals surface area contributed by atoms with E-state index in [1.165, 1.54) is 6.26 Å². The number of ether oxygens (including phenoxy) is 3. The van der Waals surface area contributed by atoms with Crippen molar-refractivity contribution in [3.8, 4) is 0 Å². The molecule has 0 spiro atoms. The van der Waals surface area contributed by atoms with Crippen molar-refractivity contribution >= 4 is 12.4 Å². The lowest BCUT2D eigenvalue weighted by molar-refractivity contribution is -0.162. The molecule has 1 unspecified atom stereocenters. The largest absolute Gasteiger partial charge is 0.487 e. The third-order valence-corrected chi connectivity index (χ3v) is 1.52. The third-order valence-electron chi connectivity index (χ3n) is 1.52. The van der Waals surface area contributed by atoms with Crippen molar-refractivity contribution in [1.29, 1.82) is 0 Å². The van der Waals surface area contributed by atoms with E-state index >= 15 is 0 Å². The van der Waals surface area contributed by atoms with Crippen LogP contribution in [-0.2, 0) is 23.8 Å². The van der Waals surface area contributed by atoms with Crippen LogP contribution >= 0.6 is 0 Å². The maximum absolute atomic E-state index is 11.1. The molecule has 13 heavy (non-hydrogen) atoms. The minimum absolute atomic E-state index is 0.411. The summed E-state index contributed by atoms with van der Waals surface area (Å²) in [5, 5.41) is 0. The van der Waals surface area contributed by atoms with Crippen LogP contribution in [0, 0.1) is 0 Å². The molecule has 1 aliphatic rings. The molecule has 1 heterocycles. The van der Waals surface area contributed by atoms with E-state index in [-0.39, 0.29) is 0 Å². The zero-order valence-electron chi connectivity index (χ0n) is 6.89. The van der Waals surface area contributed by atoms with Crippen LogP contribution < -0.4 is 0 Å². The first kappa shape index (κ1) is 9.57. The van der Waals surface area contributed by atoms with Crippen molar-refractivity contribution in [1.82, 2.24) is 0 Å². The predicted molar refractivity (Wildman–Crippen MR) is 41.0 cm³/mol. The Hall–Kier alpha value is -1.52. The van der Waals surface area contributed by atoms with Gasteiger partial charge in [0.1, 0.15) is 0 Å². The van der Waals surface area contributed by atoms with Gasteiger partial charge < -0.3 is 14.2 Å². The van der Waals surface area contributed by atoms with Crippen LogP contribution in [0.4, 0.5) is 0 Å². The van der Waals surface area contributed by atoms with Gasteiger partial charge in [0.15, 0.2) is 6.10 Å². The molecule has 0 aromatic rings. The summed E-state index contributed by atoms with van der Waals surface area (Å²) in [7, 11) is 0. The quantitative estimate of drug-likeness (QED) is 0.357. The van der Waals surface area contributed by atoms with Gasteiger partial charge in [-0.2, -0.15) is 0 Å². The molecule has 5 nitrogen and oxygen atoms in total. The smallest absolute Gasteiger partial charge is 0.420 e. The molecule has 0 N–H and O–H groups in total. The monoisotopic (exact) mass is 185 g/mol. The number of esters is 1. The molecule has 1 atom stereocenters. The molecular weight excluding hydrogens is 176 g/mol. The fraction of sp³-hybridized carbons (Fsp3) is 0.500. The van der Waals surface area contributed by atoms with Crippen LogP contribution in [0.15, 0.2) is 12.3 Å². The predicted octanol–water partition coefficient (Wildman–Crippen LogP) is 0.264.